The van der Waals surface area contributed by atoms with E-state index in [1.165, 1.54) is 12.2 Å². The molecule has 0 unspecified atom stereocenters. The standard InChI is InChI=1S/C34H59N5O8/c1-11-46-28(40)13-12-24(19-23-14-15-35-29(23)41)36-30(42)25(16-20(2)3)37-31(43)26(17-21(4)5)38-32(44)27(18-22(6)7)39-33(45)47-34(8,9)10/h12-13,20-27H,11,14-19H2,1-10H3,(H,35,41)(H,36,42)(H,37,43)(H,38,44)(H,39,45)/b13-12+/t23-,24+,25-,26-,27-/m0/s1. The van der Waals surface area contributed by atoms with Crippen LogP contribution in [0.15, 0.2) is 12.2 Å². The van der Waals surface area contributed by atoms with Crippen LogP contribution in [0.5, 0.6) is 0 Å². The van der Waals surface area contributed by atoms with Crippen molar-refractivity contribution in [1.82, 2.24) is 26.6 Å². The molecule has 0 radical (unpaired) electrons. The first-order valence-electron chi connectivity index (χ1n) is 16.8. The first-order valence-corrected chi connectivity index (χ1v) is 16.8. The van der Waals surface area contributed by atoms with E-state index in [0.717, 1.165) is 0 Å². The van der Waals surface area contributed by atoms with Gasteiger partial charge in [-0.2, -0.15) is 0 Å². The van der Waals surface area contributed by atoms with Crippen LogP contribution in [-0.4, -0.2) is 78.6 Å². The number of alkyl carbamates (subject to hydrolysis) is 1. The van der Waals surface area contributed by atoms with E-state index < -0.39 is 59.6 Å². The monoisotopic (exact) mass is 665 g/mol. The van der Waals surface area contributed by atoms with E-state index in [2.05, 4.69) is 26.6 Å². The molecule has 0 saturated carbocycles. The Bertz CT molecular complexity index is 1100. The molecular weight excluding hydrogens is 606 g/mol. The van der Waals surface area contributed by atoms with E-state index in [4.69, 9.17) is 9.47 Å². The smallest absolute Gasteiger partial charge is 0.408 e. The average molecular weight is 666 g/mol. The maximum absolute atomic E-state index is 13.7. The molecule has 1 rings (SSSR count). The van der Waals surface area contributed by atoms with Gasteiger partial charge in [-0.05, 0) is 77.6 Å². The van der Waals surface area contributed by atoms with Crippen molar-refractivity contribution in [1.29, 1.82) is 0 Å². The zero-order chi connectivity index (χ0) is 35.9. The molecule has 47 heavy (non-hydrogen) atoms. The summed E-state index contributed by atoms with van der Waals surface area (Å²) in [5, 5.41) is 13.9. The van der Waals surface area contributed by atoms with Crippen molar-refractivity contribution >= 4 is 35.7 Å². The van der Waals surface area contributed by atoms with Gasteiger partial charge in [0, 0.05) is 24.6 Å². The molecule has 1 fully saturated rings. The second kappa shape index (κ2) is 19.9. The topological polar surface area (TPSA) is 181 Å². The average Bonchev–Trinajstić information content (AvgIpc) is 3.32. The Morgan fingerprint density at radius 2 is 1.28 bits per heavy atom. The van der Waals surface area contributed by atoms with Gasteiger partial charge in [-0.15, -0.1) is 0 Å². The molecule has 268 valence electrons. The molecule has 13 nitrogen and oxygen atoms in total. The summed E-state index contributed by atoms with van der Waals surface area (Å²) in [6.07, 6.45) is 3.77. The lowest BCUT2D eigenvalue weighted by molar-refractivity contribution is -0.137. The molecule has 0 spiro atoms. The highest BCUT2D eigenvalue weighted by molar-refractivity contribution is 5.94. The Hall–Kier alpha value is -3.64. The third kappa shape index (κ3) is 17.2. The second-order valence-corrected chi connectivity index (χ2v) is 14.4. The number of esters is 1. The van der Waals surface area contributed by atoms with Crippen LogP contribution in [0.3, 0.4) is 0 Å². The van der Waals surface area contributed by atoms with Crippen molar-refractivity contribution in [3.05, 3.63) is 12.2 Å². The minimum Gasteiger partial charge on any atom is -0.463 e. The van der Waals surface area contributed by atoms with Gasteiger partial charge in [0.05, 0.1) is 6.61 Å². The number of hydrogen-bond acceptors (Lipinski definition) is 8. The summed E-state index contributed by atoms with van der Waals surface area (Å²) in [5.74, 6) is -2.50. The molecule has 1 heterocycles. The Labute approximate surface area is 280 Å². The molecule has 1 saturated heterocycles. The Morgan fingerprint density at radius 3 is 1.68 bits per heavy atom. The Kier molecular flexibility index (Phi) is 17.5. The number of nitrogens with one attached hydrogen (secondary N) is 5. The van der Waals surface area contributed by atoms with E-state index in [1.807, 2.05) is 41.5 Å². The molecule has 0 bridgehead atoms. The van der Waals surface area contributed by atoms with Crippen LogP contribution >= 0.6 is 0 Å². The third-order valence-electron chi connectivity index (χ3n) is 7.17. The summed E-state index contributed by atoms with van der Waals surface area (Å²) in [7, 11) is 0. The number of hydrogen-bond donors (Lipinski definition) is 5. The summed E-state index contributed by atoms with van der Waals surface area (Å²) in [4.78, 5) is 77.6. The minimum atomic E-state index is -0.984. The number of rotatable bonds is 18. The van der Waals surface area contributed by atoms with Gasteiger partial charge in [0.25, 0.3) is 0 Å². The Morgan fingerprint density at radius 1 is 0.809 bits per heavy atom. The van der Waals surface area contributed by atoms with Crippen molar-refractivity contribution in [3.63, 3.8) is 0 Å². The highest BCUT2D eigenvalue weighted by atomic mass is 16.6. The number of amides is 5. The summed E-state index contributed by atoms with van der Waals surface area (Å²) >= 11 is 0. The van der Waals surface area contributed by atoms with Crippen LogP contribution in [0.4, 0.5) is 4.79 Å². The van der Waals surface area contributed by atoms with E-state index in [0.29, 0.717) is 25.8 Å². The molecule has 0 aromatic rings. The predicted octanol–water partition coefficient (Wildman–Crippen LogP) is 3.12. The van der Waals surface area contributed by atoms with E-state index in [-0.39, 0.29) is 49.0 Å². The number of carbonyl (C=O) groups excluding carboxylic acids is 6. The molecular formula is C34H59N5O8. The van der Waals surface area contributed by atoms with Crippen LogP contribution in [0.25, 0.3) is 0 Å². The van der Waals surface area contributed by atoms with Crippen LogP contribution in [0, 0.1) is 23.7 Å². The van der Waals surface area contributed by atoms with E-state index >= 15 is 0 Å². The van der Waals surface area contributed by atoms with Crippen molar-refractivity contribution < 1.29 is 38.2 Å². The normalized spacial score (nSPS) is 17.6. The van der Waals surface area contributed by atoms with Crippen LogP contribution in [0.1, 0.15) is 101 Å². The van der Waals surface area contributed by atoms with E-state index in [1.54, 1.807) is 27.7 Å². The van der Waals surface area contributed by atoms with Crippen molar-refractivity contribution in [3.8, 4) is 0 Å². The molecule has 1 aliphatic heterocycles. The molecule has 0 aliphatic carbocycles. The fourth-order valence-corrected chi connectivity index (χ4v) is 5.13. The number of ether oxygens (including phenoxy) is 2. The van der Waals surface area contributed by atoms with Crippen molar-refractivity contribution in [2.75, 3.05) is 13.2 Å². The van der Waals surface area contributed by atoms with Gasteiger partial charge in [-0.1, -0.05) is 47.6 Å². The van der Waals surface area contributed by atoms with Gasteiger partial charge in [0.1, 0.15) is 23.7 Å². The third-order valence-corrected chi connectivity index (χ3v) is 7.17. The molecule has 1 aliphatic rings. The second-order valence-electron chi connectivity index (χ2n) is 14.4. The molecule has 13 heteroatoms. The van der Waals surface area contributed by atoms with Crippen LogP contribution < -0.4 is 26.6 Å². The lowest BCUT2D eigenvalue weighted by atomic mass is 9.96. The molecule has 0 aromatic carbocycles. The first-order chi connectivity index (χ1) is 21.8. The molecule has 5 N–H and O–H groups in total. The SMILES string of the molecule is CCOC(=O)/C=C/[C@H](C[C@@H]1CCNC1=O)NC(=O)[C@H](CC(C)C)NC(=O)[C@H](CC(C)C)NC(=O)[C@H](CC(C)C)NC(=O)OC(C)(C)C. The van der Waals surface area contributed by atoms with Gasteiger partial charge < -0.3 is 36.1 Å². The van der Waals surface area contributed by atoms with Crippen molar-refractivity contribution in [2.45, 2.75) is 131 Å². The fourth-order valence-electron chi connectivity index (χ4n) is 5.13. The van der Waals surface area contributed by atoms with Gasteiger partial charge in [0.2, 0.25) is 23.6 Å². The lowest BCUT2D eigenvalue weighted by Gasteiger charge is -2.28. The summed E-state index contributed by atoms with van der Waals surface area (Å²) in [5.41, 5.74) is -0.758. The fraction of sp³-hybridized carbons (Fsp3) is 0.765. The van der Waals surface area contributed by atoms with Gasteiger partial charge in [-0.25, -0.2) is 9.59 Å². The lowest BCUT2D eigenvalue weighted by Crippen LogP contribution is -2.58. The molecule has 5 atom stereocenters. The molecule has 5 amide bonds. The quantitative estimate of drug-likeness (QED) is 0.109. The van der Waals surface area contributed by atoms with Gasteiger partial charge in [0.15, 0.2) is 0 Å². The zero-order valence-corrected chi connectivity index (χ0v) is 30.0. The van der Waals surface area contributed by atoms with E-state index in [9.17, 15) is 28.8 Å². The molecule has 0 aromatic heterocycles. The highest BCUT2D eigenvalue weighted by Crippen LogP contribution is 2.18. The first kappa shape index (κ1) is 41.4. The largest absolute Gasteiger partial charge is 0.463 e. The predicted molar refractivity (Wildman–Crippen MR) is 179 cm³/mol. The summed E-state index contributed by atoms with van der Waals surface area (Å²) < 4.78 is 10.3. The zero-order valence-electron chi connectivity index (χ0n) is 30.0. The van der Waals surface area contributed by atoms with Crippen LogP contribution in [0.2, 0.25) is 0 Å². The maximum atomic E-state index is 13.7. The summed E-state index contributed by atoms with van der Waals surface area (Å²) in [6, 6.07) is -3.56. The van der Waals surface area contributed by atoms with Gasteiger partial charge >= 0.3 is 12.1 Å². The number of carbonyl (C=O) groups is 6. The van der Waals surface area contributed by atoms with Gasteiger partial charge in [-0.3, -0.25) is 19.2 Å². The van der Waals surface area contributed by atoms with Crippen LogP contribution in [-0.2, 0) is 33.4 Å². The minimum absolute atomic E-state index is 0.0146. The maximum Gasteiger partial charge on any atom is 0.408 e. The summed E-state index contributed by atoms with van der Waals surface area (Å²) in [6.45, 7) is 19.1. The van der Waals surface area contributed by atoms with Crippen molar-refractivity contribution in [2.24, 2.45) is 23.7 Å². The Balaban J connectivity index is 3.19. The highest BCUT2D eigenvalue weighted by Gasteiger charge is 2.33.